The Hall–Kier alpha value is -4.69. The van der Waals surface area contributed by atoms with Crippen molar-refractivity contribution in [1.29, 1.82) is 0 Å². The third-order valence-electron chi connectivity index (χ3n) is 13.5. The van der Waals surface area contributed by atoms with Crippen LogP contribution in [0.15, 0.2) is 152 Å². The van der Waals surface area contributed by atoms with Crippen LogP contribution in [0.5, 0.6) is 5.75 Å². The summed E-state index contributed by atoms with van der Waals surface area (Å²) < 4.78 is 32.9. The SMILES string of the molecule is C.C.C.C/C=C\CCCOCOCc1ccc(C)cc1.C=C1/C=C\CN(C)CCCC(C)=N1.C=CC(=C)CCCCCCCOc1ccc(C)cc1.C=CCC/C=C(\C=C/COO)OCC1CCCCC1.CCC.CCCCCOCCCCCCOC.CO. The number of nitrogens with zero attached hydrogens (tertiary/aromatic N) is 2. The number of hydrogen-bond donors (Lipinski definition) is 2. The van der Waals surface area contributed by atoms with Gasteiger partial charge in [0.25, 0.3) is 0 Å². The molecule has 1 heterocycles. The third kappa shape index (κ3) is 72.4. The van der Waals surface area contributed by atoms with Crippen LogP contribution in [0.3, 0.4) is 0 Å². The van der Waals surface area contributed by atoms with Gasteiger partial charge in [-0.1, -0.05) is 223 Å². The zero-order valence-electron chi connectivity index (χ0n) is 57.3. The Balaban J connectivity index is -0.000000240. The van der Waals surface area contributed by atoms with Crippen LogP contribution in [0, 0.1) is 19.8 Å². The molecule has 11 heteroatoms. The molecule has 0 bridgehead atoms. The molecule has 1 saturated carbocycles. The number of aliphatic imine (C=N–C) groups is 1. The minimum Gasteiger partial charge on any atom is -0.494 e. The van der Waals surface area contributed by atoms with Gasteiger partial charge in [0.05, 0.1) is 25.5 Å². The first-order valence-electron chi connectivity index (χ1n) is 33.2. The number of allylic oxidation sites excluding steroid dienone is 8. The zero-order valence-corrected chi connectivity index (χ0v) is 57.3. The van der Waals surface area contributed by atoms with Crippen molar-refractivity contribution in [3.63, 3.8) is 0 Å². The van der Waals surface area contributed by atoms with Crippen LogP contribution in [-0.2, 0) is 35.2 Å². The predicted octanol–water partition coefficient (Wildman–Crippen LogP) is 22.4. The normalized spacial score (nSPS) is 13.4. The van der Waals surface area contributed by atoms with Crippen LogP contribution < -0.4 is 4.74 Å². The topological polar surface area (TPSA) is 121 Å². The molecule has 4 rings (SSSR count). The van der Waals surface area contributed by atoms with E-state index >= 15 is 0 Å². The fourth-order valence-electron chi connectivity index (χ4n) is 8.40. The number of hydrogen-bond acceptors (Lipinski definition) is 11. The van der Waals surface area contributed by atoms with E-state index in [2.05, 4.69) is 150 Å². The van der Waals surface area contributed by atoms with Crippen LogP contribution >= 0.6 is 0 Å². The van der Waals surface area contributed by atoms with Gasteiger partial charge in [0.1, 0.15) is 24.9 Å². The number of methoxy groups -OCH3 is 1. The molecule has 0 radical (unpaired) electrons. The molecule has 0 amide bonds. The van der Waals surface area contributed by atoms with Crippen molar-refractivity contribution in [2.75, 3.05) is 87.4 Å². The first-order valence-corrected chi connectivity index (χ1v) is 33.2. The number of likely N-dealkylation sites (N-methyl/N-ethyl adjacent to an activating group) is 1. The quantitative estimate of drug-likeness (QED) is 0.0128. The highest BCUT2D eigenvalue weighted by Gasteiger charge is 2.14. The van der Waals surface area contributed by atoms with Crippen molar-refractivity contribution in [3.8, 4) is 5.75 Å². The largest absolute Gasteiger partial charge is 0.494 e. The molecule has 1 aliphatic heterocycles. The second-order valence-corrected chi connectivity index (χ2v) is 22.1. The molecule has 2 N–H and O–H groups in total. The average molecular weight is 1260 g/mol. The van der Waals surface area contributed by atoms with E-state index in [4.69, 9.17) is 38.8 Å². The lowest BCUT2D eigenvalue weighted by Crippen LogP contribution is -2.20. The van der Waals surface area contributed by atoms with Gasteiger partial charge in [-0.3, -0.25) is 10.2 Å². The van der Waals surface area contributed by atoms with Crippen LogP contribution in [0.4, 0.5) is 0 Å². The maximum atomic E-state index is 8.30. The summed E-state index contributed by atoms with van der Waals surface area (Å²) in [4.78, 5) is 10.7. The predicted molar refractivity (Wildman–Crippen MR) is 395 cm³/mol. The molecule has 522 valence electrons. The fourth-order valence-corrected chi connectivity index (χ4v) is 8.40. The first kappa shape index (κ1) is 96.4. The molecule has 0 saturated heterocycles. The van der Waals surface area contributed by atoms with Gasteiger partial charge in [-0.05, 0) is 173 Å². The molecule has 0 spiro atoms. The Morgan fingerprint density at radius 1 is 0.700 bits per heavy atom. The highest BCUT2D eigenvalue weighted by atomic mass is 17.1. The van der Waals surface area contributed by atoms with E-state index in [9.17, 15) is 0 Å². The average Bonchev–Trinajstić information content (AvgIpc) is 3.73. The van der Waals surface area contributed by atoms with Crippen molar-refractivity contribution in [3.05, 3.63) is 163 Å². The fraction of sp³-hybridized carbons (Fsp3) is 0.633. The van der Waals surface area contributed by atoms with E-state index < -0.39 is 0 Å². The van der Waals surface area contributed by atoms with Crippen LogP contribution in [0.1, 0.15) is 234 Å². The summed E-state index contributed by atoms with van der Waals surface area (Å²) in [6.45, 7) is 38.5. The number of aryl methyl sites for hydroxylation is 2. The van der Waals surface area contributed by atoms with E-state index in [1.165, 1.54) is 138 Å². The monoisotopic (exact) mass is 1260 g/mol. The van der Waals surface area contributed by atoms with Gasteiger partial charge in [-0.2, -0.15) is 0 Å². The molecule has 2 aromatic carbocycles. The minimum atomic E-state index is 0. The minimum absolute atomic E-state index is 0. The molecule has 2 aromatic rings. The number of unbranched alkanes of at least 4 members (excludes halogenated alkanes) is 11. The van der Waals surface area contributed by atoms with E-state index in [0.717, 1.165) is 128 Å². The molecule has 0 unspecified atom stereocenters. The maximum Gasteiger partial charge on any atom is 0.147 e. The number of rotatable bonds is 38. The van der Waals surface area contributed by atoms with E-state index in [0.29, 0.717) is 19.3 Å². The van der Waals surface area contributed by atoms with Gasteiger partial charge in [0.2, 0.25) is 0 Å². The summed E-state index contributed by atoms with van der Waals surface area (Å²) in [6, 6.07) is 16.6. The number of ether oxygens (including phenoxy) is 6. The zero-order chi connectivity index (χ0) is 64.9. The molecular formula is C79H142N2O9. The summed E-state index contributed by atoms with van der Waals surface area (Å²) in [7, 11) is 4.90. The van der Waals surface area contributed by atoms with Crippen molar-refractivity contribution in [2.24, 2.45) is 10.9 Å². The maximum absolute atomic E-state index is 8.30. The highest BCUT2D eigenvalue weighted by molar-refractivity contribution is 5.83. The summed E-state index contributed by atoms with van der Waals surface area (Å²) in [6.07, 6.45) is 47.8. The lowest BCUT2D eigenvalue weighted by molar-refractivity contribution is -0.231. The number of benzene rings is 2. The standard InChI is InChI=1S/C18H26O.C16H26O3.C15H22O2.C12H26O2.C11H18N2.C3H8.CH4O.3CH4/c1-4-16(2)10-8-6-5-7-9-15-19-18-13-11-17(3)12-14-18;1-2-3-5-11-16(12-8-13-19-17)18-14-15-9-6-4-7-10-15;1-3-4-5-6-11-16-13-17-12-15-9-7-14(2)8-10-15;1-3-4-7-11-14-12-9-6-5-8-10-13-2;1-10-6-4-8-13(3)9-5-7-11(2)12-10;1-3-2;1-2;;;/h4,11-14H,1-2,5-10,15H2,3H3;2,8,11-12,15,17H,1,3-7,9-10,13-14H2;3-4,7-10H,5-6,11-13H2,1-2H3;3-12H2,1-2H3;4,6H,1,5,7-9H2,2-3H3;3H2,1-2H3;2H,1H3;3*1H4/b;12-8-,16-11+;4-3-;;6-4-,12-11?;;;;;. The van der Waals surface area contributed by atoms with Gasteiger partial charge < -0.3 is 38.4 Å². The van der Waals surface area contributed by atoms with E-state index in [1.54, 1.807) is 13.2 Å². The number of aliphatic hydroxyl groups excluding tert-OH is 1. The van der Waals surface area contributed by atoms with Crippen LogP contribution in [-0.4, -0.2) is 108 Å². The number of aliphatic hydroxyl groups is 1. The lowest BCUT2D eigenvalue weighted by Gasteiger charge is -2.22. The van der Waals surface area contributed by atoms with Crippen molar-refractivity contribution >= 4 is 5.71 Å². The van der Waals surface area contributed by atoms with E-state index in [-0.39, 0.29) is 28.9 Å². The Bertz CT molecular complexity index is 1960. The summed E-state index contributed by atoms with van der Waals surface area (Å²) in [5, 5.41) is 15.3. The molecule has 1 aliphatic carbocycles. The van der Waals surface area contributed by atoms with Gasteiger partial charge in [0, 0.05) is 52.9 Å². The highest BCUT2D eigenvalue weighted by Crippen LogP contribution is 2.25. The van der Waals surface area contributed by atoms with E-state index in [1.807, 2.05) is 43.4 Å². The lowest BCUT2D eigenvalue weighted by atomic mass is 9.90. The summed E-state index contributed by atoms with van der Waals surface area (Å²) in [5.74, 6) is 2.54. The van der Waals surface area contributed by atoms with Gasteiger partial charge in [0.15, 0.2) is 0 Å². The van der Waals surface area contributed by atoms with Gasteiger partial charge in [-0.15, -0.1) is 6.58 Å². The van der Waals surface area contributed by atoms with Crippen molar-refractivity contribution in [1.82, 2.24) is 4.90 Å². The molecule has 90 heavy (non-hydrogen) atoms. The van der Waals surface area contributed by atoms with Crippen molar-refractivity contribution in [2.45, 2.75) is 238 Å². The molecular weight excluding hydrogens is 1120 g/mol. The second kappa shape index (κ2) is 78.6. The second-order valence-electron chi connectivity index (χ2n) is 22.1. The Labute approximate surface area is 556 Å². The smallest absolute Gasteiger partial charge is 0.147 e. The molecule has 11 nitrogen and oxygen atoms in total. The third-order valence-corrected chi connectivity index (χ3v) is 13.5. The summed E-state index contributed by atoms with van der Waals surface area (Å²) in [5.41, 5.74) is 6.94. The summed E-state index contributed by atoms with van der Waals surface area (Å²) >= 11 is 0. The van der Waals surface area contributed by atoms with Gasteiger partial charge in [-0.25, -0.2) is 4.89 Å². The van der Waals surface area contributed by atoms with Gasteiger partial charge >= 0.3 is 0 Å². The molecule has 0 aromatic heterocycles. The van der Waals surface area contributed by atoms with Crippen LogP contribution in [0.2, 0.25) is 0 Å². The Morgan fingerprint density at radius 2 is 1.29 bits per heavy atom. The Kier molecular flexibility index (Phi) is 84.1. The molecule has 2 aliphatic rings. The molecule has 0 atom stereocenters. The van der Waals surface area contributed by atoms with Crippen LogP contribution in [0.25, 0.3) is 0 Å². The van der Waals surface area contributed by atoms with Crippen molar-refractivity contribution < 1.29 is 43.7 Å². The Morgan fingerprint density at radius 3 is 1.89 bits per heavy atom. The molecule has 1 fully saturated rings. The first-order chi connectivity index (χ1) is 42.4.